The van der Waals surface area contributed by atoms with Crippen LogP contribution in [0.1, 0.15) is 32.9 Å². The second-order valence-corrected chi connectivity index (χ2v) is 7.39. The Bertz CT molecular complexity index is 830. The third kappa shape index (κ3) is 4.05. The number of carbonyl (C=O) groups excluding carboxylic acids is 2. The number of hydrogen-bond donors (Lipinski definition) is 2. The fourth-order valence-electron chi connectivity index (χ4n) is 2.86. The largest absolute Gasteiger partial charge is 0.481 e. The molecule has 8 heteroatoms. The van der Waals surface area contributed by atoms with E-state index in [4.69, 9.17) is 16.7 Å². The smallest absolute Gasteiger partial charge is 0.306 e. The number of nitrogens with zero attached hydrogens (tertiary/aromatic N) is 1. The average molecular weight is 393 g/mol. The predicted octanol–water partition coefficient (Wildman–Crippen LogP) is 3.59. The van der Waals surface area contributed by atoms with Crippen molar-refractivity contribution in [3.63, 3.8) is 0 Å². The lowest BCUT2D eigenvalue weighted by molar-refractivity contribution is -0.143. The van der Waals surface area contributed by atoms with E-state index in [1.165, 1.54) is 11.3 Å². The number of amides is 2. The van der Waals surface area contributed by atoms with Crippen molar-refractivity contribution in [3.8, 4) is 0 Å². The van der Waals surface area contributed by atoms with E-state index >= 15 is 0 Å². The summed E-state index contributed by atoms with van der Waals surface area (Å²) in [5.41, 5.74) is 0.779. The van der Waals surface area contributed by atoms with E-state index in [9.17, 15) is 14.4 Å². The molecule has 1 aliphatic rings. The third-order valence-corrected chi connectivity index (χ3v) is 5.54. The van der Waals surface area contributed by atoms with Crippen molar-refractivity contribution >= 4 is 46.4 Å². The van der Waals surface area contributed by atoms with E-state index in [1.54, 1.807) is 40.6 Å². The topological polar surface area (TPSA) is 86.7 Å². The fourth-order valence-corrected chi connectivity index (χ4v) is 3.64. The van der Waals surface area contributed by atoms with Crippen LogP contribution in [0, 0.1) is 5.92 Å². The molecule has 2 amide bonds. The highest BCUT2D eigenvalue weighted by Crippen LogP contribution is 2.26. The second kappa shape index (κ2) is 7.88. The van der Waals surface area contributed by atoms with Crippen LogP contribution >= 0.6 is 22.9 Å². The molecule has 0 atom stereocenters. The number of piperidine rings is 1. The van der Waals surface area contributed by atoms with Gasteiger partial charge in [-0.2, -0.15) is 0 Å². The molecule has 2 N–H and O–H groups in total. The van der Waals surface area contributed by atoms with Crippen LogP contribution in [0.4, 0.5) is 5.69 Å². The number of thiophene rings is 1. The summed E-state index contributed by atoms with van der Waals surface area (Å²) >= 11 is 7.46. The van der Waals surface area contributed by atoms with Gasteiger partial charge in [-0.05, 0) is 42.5 Å². The number of likely N-dealkylation sites (tertiary alicyclic amines) is 1. The first-order valence-corrected chi connectivity index (χ1v) is 9.38. The van der Waals surface area contributed by atoms with Crippen LogP contribution < -0.4 is 5.32 Å². The summed E-state index contributed by atoms with van der Waals surface area (Å²) in [6.07, 6.45) is 0.882. The summed E-state index contributed by atoms with van der Waals surface area (Å²) in [5.74, 6) is -1.70. The number of carboxylic acids is 1. The Balaban J connectivity index is 1.72. The predicted molar refractivity (Wildman–Crippen MR) is 100.0 cm³/mol. The summed E-state index contributed by atoms with van der Waals surface area (Å²) in [5, 5.41) is 13.9. The summed E-state index contributed by atoms with van der Waals surface area (Å²) in [4.78, 5) is 38.1. The normalized spacial score (nSPS) is 14.9. The van der Waals surface area contributed by atoms with E-state index in [0.717, 1.165) is 0 Å². The molecule has 0 unspecified atom stereocenters. The maximum atomic E-state index is 12.7. The van der Waals surface area contributed by atoms with Crippen molar-refractivity contribution in [2.24, 2.45) is 5.92 Å². The number of carbonyl (C=O) groups is 3. The minimum atomic E-state index is -0.817. The van der Waals surface area contributed by atoms with Gasteiger partial charge in [-0.1, -0.05) is 17.7 Å². The number of carboxylic acid groups (broad SMARTS) is 1. The molecule has 136 valence electrons. The Hall–Kier alpha value is -2.38. The summed E-state index contributed by atoms with van der Waals surface area (Å²) in [6.45, 7) is 0.796. The highest BCUT2D eigenvalue weighted by atomic mass is 35.5. The standard InChI is InChI=1S/C18H17ClN2O4S/c19-13-4-3-12(10-14(13)20-16(22)15-2-1-9-26-15)17(23)21-7-5-11(6-8-21)18(24)25/h1-4,9-11H,5-8H2,(H,20,22)(H,24,25). The monoisotopic (exact) mass is 392 g/mol. The molecule has 0 saturated carbocycles. The zero-order valence-corrected chi connectivity index (χ0v) is 15.3. The molecule has 1 fully saturated rings. The van der Waals surface area contributed by atoms with Gasteiger partial charge in [0, 0.05) is 18.7 Å². The first kappa shape index (κ1) is 18.4. The molecular formula is C18H17ClN2O4S. The molecule has 0 bridgehead atoms. The van der Waals surface area contributed by atoms with Gasteiger partial charge in [-0.15, -0.1) is 11.3 Å². The highest BCUT2D eigenvalue weighted by molar-refractivity contribution is 7.12. The first-order valence-electron chi connectivity index (χ1n) is 8.12. The average Bonchev–Trinajstić information content (AvgIpc) is 3.18. The van der Waals surface area contributed by atoms with Gasteiger partial charge >= 0.3 is 5.97 Å². The molecule has 2 aromatic rings. The Morgan fingerprint density at radius 1 is 1.19 bits per heavy atom. The summed E-state index contributed by atoms with van der Waals surface area (Å²) in [6, 6.07) is 8.22. The molecule has 26 heavy (non-hydrogen) atoms. The van der Waals surface area contributed by atoms with Crippen LogP contribution in [0.3, 0.4) is 0 Å². The molecule has 1 aromatic carbocycles. The number of hydrogen-bond acceptors (Lipinski definition) is 4. The van der Waals surface area contributed by atoms with Crippen molar-refractivity contribution < 1.29 is 19.5 Å². The number of benzene rings is 1. The van der Waals surface area contributed by atoms with E-state index in [0.29, 0.717) is 47.1 Å². The second-order valence-electron chi connectivity index (χ2n) is 6.03. The number of anilines is 1. The van der Waals surface area contributed by atoms with E-state index in [2.05, 4.69) is 5.32 Å². The van der Waals surface area contributed by atoms with E-state index in [-0.39, 0.29) is 11.8 Å². The molecule has 2 heterocycles. The van der Waals surface area contributed by atoms with Crippen LogP contribution in [0.5, 0.6) is 0 Å². The van der Waals surface area contributed by atoms with Crippen molar-refractivity contribution in [1.29, 1.82) is 0 Å². The number of nitrogens with one attached hydrogen (secondary N) is 1. The Morgan fingerprint density at radius 3 is 2.54 bits per heavy atom. The Kier molecular flexibility index (Phi) is 5.58. The van der Waals surface area contributed by atoms with E-state index < -0.39 is 11.9 Å². The van der Waals surface area contributed by atoms with Gasteiger partial charge < -0.3 is 15.3 Å². The van der Waals surface area contributed by atoms with Crippen molar-refractivity contribution in [3.05, 3.63) is 51.2 Å². The molecule has 0 radical (unpaired) electrons. The Labute approximate surface area is 159 Å². The third-order valence-electron chi connectivity index (χ3n) is 4.34. The lowest BCUT2D eigenvalue weighted by Crippen LogP contribution is -2.40. The van der Waals surface area contributed by atoms with Gasteiger partial charge in [0.1, 0.15) is 0 Å². The lowest BCUT2D eigenvalue weighted by atomic mass is 9.96. The van der Waals surface area contributed by atoms with Crippen LogP contribution in [0.25, 0.3) is 0 Å². The van der Waals surface area contributed by atoms with E-state index in [1.807, 2.05) is 0 Å². The first-order chi connectivity index (χ1) is 12.5. The molecular weight excluding hydrogens is 376 g/mol. The maximum Gasteiger partial charge on any atom is 0.306 e. The molecule has 1 aromatic heterocycles. The molecule has 3 rings (SSSR count). The Morgan fingerprint density at radius 2 is 1.92 bits per heavy atom. The zero-order chi connectivity index (χ0) is 18.7. The summed E-state index contributed by atoms with van der Waals surface area (Å²) in [7, 11) is 0. The van der Waals surface area contributed by atoms with Crippen molar-refractivity contribution in [2.45, 2.75) is 12.8 Å². The number of aliphatic carboxylic acids is 1. The van der Waals surface area contributed by atoms with Crippen LogP contribution in [0.15, 0.2) is 35.7 Å². The zero-order valence-electron chi connectivity index (χ0n) is 13.8. The molecule has 0 spiro atoms. The van der Waals surface area contributed by atoms with Crippen LogP contribution in [0.2, 0.25) is 5.02 Å². The number of halogens is 1. The van der Waals surface area contributed by atoms with Gasteiger partial charge in [-0.25, -0.2) is 0 Å². The lowest BCUT2D eigenvalue weighted by Gasteiger charge is -2.30. The van der Waals surface area contributed by atoms with Gasteiger partial charge in [-0.3, -0.25) is 14.4 Å². The number of rotatable bonds is 4. The van der Waals surface area contributed by atoms with Crippen molar-refractivity contribution in [2.75, 3.05) is 18.4 Å². The SMILES string of the molecule is O=C(Nc1cc(C(=O)N2CCC(C(=O)O)CC2)ccc1Cl)c1cccs1. The molecule has 0 aliphatic carbocycles. The van der Waals surface area contributed by atoms with Gasteiger partial charge in [0.2, 0.25) is 0 Å². The van der Waals surface area contributed by atoms with Crippen molar-refractivity contribution in [1.82, 2.24) is 4.90 Å². The minimum Gasteiger partial charge on any atom is -0.481 e. The van der Waals surface area contributed by atoms with Gasteiger partial charge in [0.15, 0.2) is 0 Å². The summed E-state index contributed by atoms with van der Waals surface area (Å²) < 4.78 is 0. The van der Waals surface area contributed by atoms with Crippen LogP contribution in [-0.2, 0) is 4.79 Å². The highest BCUT2D eigenvalue weighted by Gasteiger charge is 2.27. The quantitative estimate of drug-likeness (QED) is 0.832. The van der Waals surface area contributed by atoms with Crippen LogP contribution in [-0.4, -0.2) is 40.9 Å². The van der Waals surface area contributed by atoms with Gasteiger partial charge in [0.25, 0.3) is 11.8 Å². The molecule has 1 saturated heterocycles. The maximum absolute atomic E-state index is 12.7. The fraction of sp³-hybridized carbons (Fsp3) is 0.278. The molecule has 1 aliphatic heterocycles. The minimum absolute atomic E-state index is 0.197. The van der Waals surface area contributed by atoms with Gasteiger partial charge in [0.05, 0.1) is 21.5 Å². The molecule has 6 nitrogen and oxygen atoms in total.